The average molecular weight is 467 g/mol. The van der Waals surface area contributed by atoms with Gasteiger partial charge < -0.3 is 0 Å². The molecule has 0 unspecified atom stereocenters. The van der Waals surface area contributed by atoms with Crippen LogP contribution in [0.25, 0.3) is 20.9 Å². The van der Waals surface area contributed by atoms with Gasteiger partial charge in [0.15, 0.2) is 5.69 Å². The van der Waals surface area contributed by atoms with Crippen LogP contribution in [-0.2, 0) is 6.54 Å². The number of fused-ring (bicyclic) bond motifs is 2. The maximum absolute atomic E-state index is 13.6. The molecule has 33 heavy (non-hydrogen) atoms. The predicted octanol–water partition coefficient (Wildman–Crippen LogP) is 4.32. The van der Waals surface area contributed by atoms with E-state index in [1.54, 1.807) is 37.3 Å². The Balaban J connectivity index is 1.59. The molecule has 170 valence electrons. The van der Waals surface area contributed by atoms with Crippen LogP contribution < -0.4 is 16.4 Å². The van der Waals surface area contributed by atoms with Crippen LogP contribution in [0.15, 0.2) is 47.3 Å². The lowest BCUT2D eigenvalue weighted by Gasteiger charge is -2.12. The zero-order valence-corrected chi connectivity index (χ0v) is 19.1. The number of carbonyl (C=O) groups excluding carboxylic acids is 2. The van der Waals surface area contributed by atoms with Crippen molar-refractivity contribution in [2.24, 2.45) is 0 Å². The summed E-state index contributed by atoms with van der Waals surface area (Å²) in [6, 6.07) is 11.1. The zero-order valence-electron chi connectivity index (χ0n) is 18.3. The molecule has 7 nitrogen and oxygen atoms in total. The summed E-state index contributed by atoms with van der Waals surface area (Å²) in [5.41, 5.74) is 5.25. The Bertz CT molecular complexity index is 1430. The van der Waals surface area contributed by atoms with Crippen LogP contribution in [-0.4, -0.2) is 21.6 Å². The molecule has 0 saturated heterocycles. The molecule has 0 spiro atoms. The van der Waals surface area contributed by atoms with Crippen LogP contribution in [0.4, 0.5) is 4.39 Å². The molecule has 0 aliphatic heterocycles. The van der Waals surface area contributed by atoms with Gasteiger partial charge in [0.2, 0.25) is 0 Å². The van der Waals surface area contributed by atoms with Gasteiger partial charge in [-0.25, -0.2) is 9.07 Å². The molecule has 2 amide bonds. The minimum atomic E-state index is -0.631. The van der Waals surface area contributed by atoms with Crippen LogP contribution in [0.5, 0.6) is 0 Å². The third-order valence-corrected chi connectivity index (χ3v) is 6.72. The van der Waals surface area contributed by atoms with E-state index in [1.165, 1.54) is 28.2 Å². The van der Waals surface area contributed by atoms with E-state index < -0.39 is 11.8 Å². The van der Waals surface area contributed by atoms with Gasteiger partial charge in [-0.3, -0.25) is 25.2 Å². The molecule has 0 radical (unpaired) electrons. The van der Waals surface area contributed by atoms with Crippen LogP contribution in [0.3, 0.4) is 0 Å². The summed E-state index contributed by atoms with van der Waals surface area (Å²) >= 11 is 1.22. The van der Waals surface area contributed by atoms with Gasteiger partial charge in [0.25, 0.3) is 17.4 Å². The summed E-state index contributed by atoms with van der Waals surface area (Å²) in [5, 5.41) is 5.75. The number of hydrazine groups is 1. The molecule has 0 aliphatic carbocycles. The smallest absolute Gasteiger partial charge is 0.267 e. The zero-order chi connectivity index (χ0) is 23.5. The number of carbonyl (C=O) groups is 2. The molecule has 0 atom stereocenters. The third-order valence-electron chi connectivity index (χ3n) is 5.45. The van der Waals surface area contributed by atoms with Gasteiger partial charge in [0.05, 0.1) is 10.3 Å². The highest BCUT2D eigenvalue weighted by Gasteiger charge is 2.20. The Morgan fingerprint density at radius 2 is 1.76 bits per heavy atom. The molecule has 9 heteroatoms. The largest absolute Gasteiger partial charge is 0.290 e. The van der Waals surface area contributed by atoms with E-state index in [4.69, 9.17) is 0 Å². The molecular formula is C24H23FN4O3S. The number of benzene rings is 2. The topological polar surface area (TPSA) is 93.1 Å². The number of thiophene rings is 1. The van der Waals surface area contributed by atoms with Gasteiger partial charge >= 0.3 is 0 Å². The number of hydrogen-bond acceptors (Lipinski definition) is 5. The molecule has 2 N–H and O–H groups in total. The first-order valence-electron chi connectivity index (χ1n) is 10.7. The highest BCUT2D eigenvalue weighted by atomic mass is 32.1. The lowest BCUT2D eigenvalue weighted by molar-refractivity contribution is 0.0845. The van der Waals surface area contributed by atoms with Gasteiger partial charge in [-0.2, -0.15) is 5.10 Å². The van der Waals surface area contributed by atoms with Crippen molar-refractivity contribution >= 4 is 44.0 Å². The summed E-state index contributed by atoms with van der Waals surface area (Å²) in [6.07, 6.45) is 2.70. The molecule has 2 aromatic heterocycles. The first kappa shape index (κ1) is 22.6. The fourth-order valence-corrected chi connectivity index (χ4v) is 4.79. The highest BCUT2D eigenvalue weighted by molar-refractivity contribution is 7.21. The first-order chi connectivity index (χ1) is 15.9. The summed E-state index contributed by atoms with van der Waals surface area (Å²) < 4.78 is 15.7. The second kappa shape index (κ2) is 9.50. The molecule has 0 aliphatic rings. The van der Waals surface area contributed by atoms with Crippen LogP contribution in [0.1, 0.15) is 51.9 Å². The van der Waals surface area contributed by atoms with Gasteiger partial charge in [-0.1, -0.05) is 38.0 Å². The molecule has 4 aromatic rings. The molecule has 2 aromatic carbocycles. The molecule has 0 fully saturated rings. The minimum Gasteiger partial charge on any atom is -0.267 e. The quantitative estimate of drug-likeness (QED) is 0.327. The Labute approximate surface area is 193 Å². The Morgan fingerprint density at radius 1 is 1.03 bits per heavy atom. The van der Waals surface area contributed by atoms with E-state index in [9.17, 15) is 18.8 Å². The molecule has 2 heterocycles. The third kappa shape index (κ3) is 4.49. The number of hydrogen-bond donors (Lipinski definition) is 2. The van der Waals surface area contributed by atoms with Gasteiger partial charge in [0, 0.05) is 16.6 Å². The number of amides is 2. The SMILES string of the molecule is CCCCCn1nc(C(=O)NNC(=O)c2sc3ccc(F)cc3c2C)c2ccccc2c1=O. The van der Waals surface area contributed by atoms with Gasteiger partial charge in [0.1, 0.15) is 5.82 Å². The Hall–Kier alpha value is -3.59. The average Bonchev–Trinajstić information content (AvgIpc) is 3.14. The molecule has 4 rings (SSSR count). The lowest BCUT2D eigenvalue weighted by atomic mass is 10.1. The van der Waals surface area contributed by atoms with Crippen molar-refractivity contribution < 1.29 is 14.0 Å². The predicted molar refractivity (Wildman–Crippen MR) is 127 cm³/mol. The lowest BCUT2D eigenvalue weighted by Crippen LogP contribution is -2.42. The second-order valence-electron chi connectivity index (χ2n) is 7.73. The summed E-state index contributed by atoms with van der Waals surface area (Å²) in [6.45, 7) is 4.20. The van der Waals surface area contributed by atoms with Crippen molar-refractivity contribution in [2.75, 3.05) is 0 Å². The number of aryl methyl sites for hydroxylation is 2. The van der Waals surface area contributed by atoms with E-state index in [0.29, 0.717) is 33.1 Å². The van der Waals surface area contributed by atoms with E-state index in [-0.39, 0.29) is 17.1 Å². The monoisotopic (exact) mass is 466 g/mol. The van der Waals surface area contributed by atoms with E-state index in [2.05, 4.69) is 22.9 Å². The van der Waals surface area contributed by atoms with Crippen LogP contribution in [0, 0.1) is 12.7 Å². The molecule has 0 saturated carbocycles. The summed E-state index contributed by atoms with van der Waals surface area (Å²) in [7, 11) is 0. The number of unbranched alkanes of at least 4 members (excludes halogenated alkanes) is 2. The standard InChI is InChI=1S/C24H23FN4O3S/c1-3-4-7-12-29-24(32)17-9-6-5-8-16(17)20(28-29)22(30)26-27-23(31)21-14(2)18-13-15(25)10-11-19(18)33-21/h5-6,8-11,13H,3-4,7,12H2,1-2H3,(H,26,30)(H,27,31). The van der Waals surface area contributed by atoms with Crippen molar-refractivity contribution in [1.82, 2.24) is 20.6 Å². The maximum atomic E-state index is 13.6. The maximum Gasteiger partial charge on any atom is 0.290 e. The van der Waals surface area contributed by atoms with Crippen molar-refractivity contribution in [3.63, 3.8) is 0 Å². The summed E-state index contributed by atoms with van der Waals surface area (Å²) in [5.74, 6) is -1.52. The van der Waals surface area contributed by atoms with E-state index in [1.807, 2.05) is 0 Å². The van der Waals surface area contributed by atoms with E-state index >= 15 is 0 Å². The summed E-state index contributed by atoms with van der Waals surface area (Å²) in [4.78, 5) is 38.8. The van der Waals surface area contributed by atoms with Crippen molar-refractivity contribution in [1.29, 1.82) is 0 Å². The Kier molecular flexibility index (Phi) is 6.50. The number of halogens is 1. The van der Waals surface area contributed by atoms with Gasteiger partial charge in [-0.15, -0.1) is 11.3 Å². The normalized spacial score (nSPS) is 11.1. The molecule has 0 bridgehead atoms. The number of rotatable bonds is 6. The van der Waals surface area contributed by atoms with Crippen molar-refractivity contribution in [3.05, 3.63) is 74.8 Å². The number of nitrogens with one attached hydrogen (secondary N) is 2. The highest BCUT2D eigenvalue weighted by Crippen LogP contribution is 2.31. The minimum absolute atomic E-state index is 0.0529. The van der Waals surface area contributed by atoms with Crippen molar-refractivity contribution in [3.8, 4) is 0 Å². The Morgan fingerprint density at radius 3 is 2.52 bits per heavy atom. The first-order valence-corrected chi connectivity index (χ1v) is 11.5. The van der Waals surface area contributed by atoms with Gasteiger partial charge in [-0.05, 0) is 48.6 Å². The van der Waals surface area contributed by atoms with Crippen molar-refractivity contribution in [2.45, 2.75) is 39.7 Å². The number of nitrogens with zero attached hydrogens (tertiary/aromatic N) is 2. The molecular weight excluding hydrogens is 443 g/mol. The second-order valence-corrected chi connectivity index (χ2v) is 8.79. The van der Waals surface area contributed by atoms with E-state index in [0.717, 1.165) is 24.0 Å². The fraction of sp³-hybridized carbons (Fsp3) is 0.250. The fourth-order valence-electron chi connectivity index (χ4n) is 3.71. The van der Waals surface area contributed by atoms with Crippen LogP contribution >= 0.6 is 11.3 Å². The number of aromatic nitrogens is 2. The van der Waals surface area contributed by atoms with Crippen LogP contribution in [0.2, 0.25) is 0 Å².